The fraction of sp³-hybridized carbons (Fsp3) is 0.593. The Hall–Kier alpha value is -3.03. The van der Waals surface area contributed by atoms with Gasteiger partial charge >= 0.3 is 12.1 Å². The molecule has 2 aliphatic rings. The molecule has 1 aliphatic heterocycles. The molecule has 2 fully saturated rings. The Morgan fingerprint density at radius 3 is 2.40 bits per heavy atom. The van der Waals surface area contributed by atoms with Crippen molar-refractivity contribution in [1.29, 1.82) is 0 Å². The normalized spacial score (nSPS) is 23.4. The molecule has 0 spiro atoms. The Bertz CT molecular complexity index is 1100. The van der Waals surface area contributed by atoms with Crippen LogP contribution in [0.4, 0.5) is 4.79 Å². The molecule has 190 valence electrons. The number of amides is 2. The fourth-order valence-electron chi connectivity index (χ4n) is 5.88. The Kier molecular flexibility index (Phi) is 7.10. The van der Waals surface area contributed by atoms with Crippen LogP contribution in [0.3, 0.4) is 0 Å². The molecule has 2 aromatic rings. The van der Waals surface area contributed by atoms with Crippen molar-refractivity contribution in [2.45, 2.75) is 84.0 Å². The summed E-state index contributed by atoms with van der Waals surface area (Å²) in [6.45, 7) is 7.38. The lowest BCUT2D eigenvalue weighted by Gasteiger charge is -2.34. The van der Waals surface area contributed by atoms with E-state index in [1.807, 2.05) is 28.8 Å². The lowest BCUT2D eigenvalue weighted by Crippen LogP contribution is -2.50. The smallest absolute Gasteiger partial charge is 0.412 e. The lowest BCUT2D eigenvalue weighted by molar-refractivity contribution is -0.124. The predicted octanol–water partition coefficient (Wildman–Crippen LogP) is 5.01. The SMILES string of the molecule is CCOC(=O)c1cc2ccccc2n1C1C[C@@H](C2CCCCC2)[C@@H](C(N)=O)N1C(=O)OC(C)(C)C. The highest BCUT2D eigenvalue weighted by molar-refractivity contribution is 5.96. The molecule has 8 nitrogen and oxygen atoms in total. The van der Waals surface area contributed by atoms with E-state index in [-0.39, 0.29) is 18.4 Å². The molecule has 0 radical (unpaired) electrons. The molecule has 1 saturated carbocycles. The van der Waals surface area contributed by atoms with Crippen molar-refractivity contribution in [2.75, 3.05) is 6.61 Å². The zero-order valence-electron chi connectivity index (χ0n) is 21.2. The van der Waals surface area contributed by atoms with Gasteiger partial charge in [0.2, 0.25) is 5.91 Å². The Balaban J connectivity index is 1.87. The fourth-order valence-corrected chi connectivity index (χ4v) is 5.88. The number of hydrogen-bond donors (Lipinski definition) is 1. The number of aromatic nitrogens is 1. The molecule has 1 aromatic heterocycles. The van der Waals surface area contributed by atoms with E-state index in [1.165, 1.54) is 11.3 Å². The van der Waals surface area contributed by atoms with Crippen LogP contribution in [-0.4, -0.2) is 45.7 Å². The van der Waals surface area contributed by atoms with Crippen LogP contribution < -0.4 is 5.73 Å². The summed E-state index contributed by atoms with van der Waals surface area (Å²) in [6.07, 6.45) is 4.70. The zero-order valence-corrected chi connectivity index (χ0v) is 21.2. The van der Waals surface area contributed by atoms with Crippen molar-refractivity contribution in [1.82, 2.24) is 9.47 Å². The molecule has 1 aromatic carbocycles. The highest BCUT2D eigenvalue weighted by Crippen LogP contribution is 2.47. The minimum Gasteiger partial charge on any atom is -0.461 e. The van der Waals surface area contributed by atoms with Gasteiger partial charge in [0.25, 0.3) is 0 Å². The summed E-state index contributed by atoms with van der Waals surface area (Å²) in [7, 11) is 0. The van der Waals surface area contributed by atoms with E-state index in [2.05, 4.69) is 0 Å². The molecule has 35 heavy (non-hydrogen) atoms. The second-order valence-corrected chi connectivity index (χ2v) is 10.7. The van der Waals surface area contributed by atoms with Crippen molar-refractivity contribution in [3.63, 3.8) is 0 Å². The Morgan fingerprint density at radius 1 is 1.09 bits per heavy atom. The quantitative estimate of drug-likeness (QED) is 0.602. The zero-order chi connectivity index (χ0) is 25.3. The summed E-state index contributed by atoms with van der Waals surface area (Å²) < 4.78 is 13.0. The van der Waals surface area contributed by atoms with Crippen LogP contribution in [-0.2, 0) is 14.3 Å². The van der Waals surface area contributed by atoms with Gasteiger partial charge in [-0.2, -0.15) is 0 Å². The van der Waals surface area contributed by atoms with Crippen molar-refractivity contribution >= 4 is 28.9 Å². The van der Waals surface area contributed by atoms with E-state index < -0.39 is 35.8 Å². The molecule has 4 rings (SSSR count). The molecule has 2 amide bonds. The van der Waals surface area contributed by atoms with Gasteiger partial charge in [-0.15, -0.1) is 0 Å². The van der Waals surface area contributed by atoms with E-state index in [0.29, 0.717) is 12.1 Å². The highest BCUT2D eigenvalue weighted by atomic mass is 16.6. The van der Waals surface area contributed by atoms with Crippen molar-refractivity contribution in [3.05, 3.63) is 36.0 Å². The summed E-state index contributed by atoms with van der Waals surface area (Å²) in [5.41, 5.74) is 6.36. The minimum atomic E-state index is -0.811. The van der Waals surface area contributed by atoms with Crippen LogP contribution in [0.1, 0.15) is 82.9 Å². The highest BCUT2D eigenvalue weighted by Gasteiger charge is 2.52. The largest absolute Gasteiger partial charge is 0.461 e. The van der Waals surface area contributed by atoms with Crippen molar-refractivity contribution < 1.29 is 23.9 Å². The average molecular weight is 484 g/mol. The van der Waals surface area contributed by atoms with Crippen LogP contribution >= 0.6 is 0 Å². The van der Waals surface area contributed by atoms with Crippen LogP contribution in [0.15, 0.2) is 30.3 Å². The number of likely N-dealkylation sites (tertiary alicyclic amines) is 1. The molecule has 2 N–H and O–H groups in total. The first kappa shape index (κ1) is 25.1. The lowest BCUT2D eigenvalue weighted by atomic mass is 9.76. The number of nitrogens with zero attached hydrogens (tertiary/aromatic N) is 2. The topological polar surface area (TPSA) is 104 Å². The van der Waals surface area contributed by atoms with E-state index in [9.17, 15) is 14.4 Å². The van der Waals surface area contributed by atoms with Crippen molar-refractivity contribution in [3.8, 4) is 0 Å². The molecular weight excluding hydrogens is 446 g/mol. The number of hydrogen-bond acceptors (Lipinski definition) is 5. The third-order valence-electron chi connectivity index (χ3n) is 7.19. The van der Waals surface area contributed by atoms with E-state index in [4.69, 9.17) is 15.2 Å². The van der Waals surface area contributed by atoms with Gasteiger partial charge in [-0.3, -0.25) is 9.69 Å². The van der Waals surface area contributed by atoms with Gasteiger partial charge in [-0.1, -0.05) is 50.3 Å². The monoisotopic (exact) mass is 483 g/mol. The van der Waals surface area contributed by atoms with E-state index >= 15 is 0 Å². The number of rotatable bonds is 5. The maximum atomic E-state index is 13.6. The molecule has 1 unspecified atom stereocenters. The molecule has 0 bridgehead atoms. The summed E-state index contributed by atoms with van der Waals surface area (Å²) in [5, 5.41) is 0.858. The van der Waals surface area contributed by atoms with E-state index in [1.54, 1.807) is 33.8 Å². The van der Waals surface area contributed by atoms with Gasteiger partial charge in [0.15, 0.2) is 0 Å². The number of ether oxygens (including phenoxy) is 2. The third kappa shape index (κ3) is 5.02. The standard InChI is InChI=1S/C27H37N3O5/c1-5-34-25(32)21-15-18-13-9-10-14-20(18)29(21)22-16-19(17-11-7-6-8-12-17)23(24(28)31)30(22)26(33)35-27(2,3)4/h9-10,13-15,17,19,22-23H,5-8,11-12,16H2,1-4H3,(H2,28,31)/t19-,22?,23-/m0/s1. The number of esters is 1. The number of fused-ring (bicyclic) bond motifs is 1. The molecule has 1 aliphatic carbocycles. The molecule has 2 heterocycles. The molecule has 3 atom stereocenters. The van der Waals surface area contributed by atoms with Gasteiger partial charge in [0.1, 0.15) is 23.5 Å². The number of carbonyl (C=O) groups is 3. The predicted molar refractivity (Wildman–Crippen MR) is 133 cm³/mol. The first-order chi connectivity index (χ1) is 16.6. The maximum absolute atomic E-state index is 13.6. The number of carbonyl (C=O) groups excluding carboxylic acids is 3. The van der Waals surface area contributed by atoms with Crippen LogP contribution in [0.2, 0.25) is 0 Å². The van der Waals surface area contributed by atoms with Crippen LogP contribution in [0.25, 0.3) is 10.9 Å². The van der Waals surface area contributed by atoms with E-state index in [0.717, 1.165) is 36.6 Å². The third-order valence-corrected chi connectivity index (χ3v) is 7.19. The van der Waals surface area contributed by atoms with Gasteiger partial charge < -0.3 is 19.8 Å². The Morgan fingerprint density at radius 2 is 1.77 bits per heavy atom. The summed E-state index contributed by atoms with van der Waals surface area (Å²) >= 11 is 0. The van der Waals surface area contributed by atoms with Gasteiger partial charge in [-0.25, -0.2) is 9.59 Å². The molecular formula is C27H37N3O5. The average Bonchev–Trinajstić information content (AvgIpc) is 3.38. The van der Waals surface area contributed by atoms with Gasteiger partial charge in [0, 0.05) is 5.39 Å². The first-order valence-corrected chi connectivity index (χ1v) is 12.7. The minimum absolute atomic E-state index is 0.110. The maximum Gasteiger partial charge on any atom is 0.412 e. The summed E-state index contributed by atoms with van der Waals surface area (Å²) in [6, 6.07) is 8.61. The number of para-hydroxylation sites is 1. The second-order valence-electron chi connectivity index (χ2n) is 10.7. The summed E-state index contributed by atoms with van der Waals surface area (Å²) in [5.74, 6) is -0.835. The molecule has 8 heteroatoms. The molecule has 1 saturated heterocycles. The van der Waals surface area contributed by atoms with Crippen LogP contribution in [0.5, 0.6) is 0 Å². The van der Waals surface area contributed by atoms with Crippen LogP contribution in [0, 0.1) is 11.8 Å². The first-order valence-electron chi connectivity index (χ1n) is 12.7. The van der Waals surface area contributed by atoms with Gasteiger partial charge in [0.05, 0.1) is 12.1 Å². The summed E-state index contributed by atoms with van der Waals surface area (Å²) in [4.78, 5) is 41.0. The number of benzene rings is 1. The number of primary amides is 1. The van der Waals surface area contributed by atoms with Crippen molar-refractivity contribution in [2.24, 2.45) is 17.6 Å². The second kappa shape index (κ2) is 9.91. The number of nitrogens with two attached hydrogens (primary N) is 1. The Labute approximate surface area is 206 Å². The van der Waals surface area contributed by atoms with Gasteiger partial charge in [-0.05, 0) is 58.1 Å².